The van der Waals surface area contributed by atoms with E-state index in [9.17, 15) is 0 Å². The van der Waals surface area contributed by atoms with Gasteiger partial charge >= 0.3 is 0 Å². The zero-order valence-corrected chi connectivity index (χ0v) is 34.8. The first kappa shape index (κ1) is 36.3. The van der Waals surface area contributed by atoms with Crippen LogP contribution in [0.4, 0.5) is 0 Å². The van der Waals surface area contributed by atoms with Crippen LogP contribution in [0.2, 0.25) is 0 Å². The highest BCUT2D eigenvalue weighted by Crippen LogP contribution is 2.45. The standard InChI is InChI=1S/C60H38N4/c1-2-11-37(12-3-1)57-48-16-6-8-18-50(48)58(51-19-9-7-17-49(51)57)56-33-26-43-36-41(24-30-53(43)63-56)40-23-29-52-42(35-40)25-32-54(62-52)46-27-28-47(45-15-5-4-14-44(45)46)55-31-22-39-21-20-38-13-10-34-61-59(38)60(39)64-55/h1-6,8-16,18-36H,7,17H2. The van der Waals surface area contributed by atoms with E-state index in [1.807, 2.05) is 12.3 Å². The SMILES string of the molecule is C1=Cc2c(c(-c3ccccc3)c3ccccc3c2-c2ccc3cc(-c4ccc5nc(-c6ccc(-c7ccc8ccc9cccnc9c8n7)c7ccccc67)ccc5c4)ccc3n2)CC1. The fourth-order valence-electron chi connectivity index (χ4n) is 10.1. The van der Waals surface area contributed by atoms with Crippen molar-refractivity contribution in [3.63, 3.8) is 0 Å². The van der Waals surface area contributed by atoms with Crippen molar-refractivity contribution >= 4 is 71.2 Å². The van der Waals surface area contributed by atoms with Crippen LogP contribution in [-0.4, -0.2) is 19.9 Å². The maximum Gasteiger partial charge on any atom is 0.0972 e. The lowest BCUT2D eigenvalue weighted by Crippen LogP contribution is -2.03. The van der Waals surface area contributed by atoms with Crippen molar-refractivity contribution in [1.82, 2.24) is 19.9 Å². The average molecular weight is 815 g/mol. The quantitative estimate of drug-likeness (QED) is 0.162. The third kappa shape index (κ3) is 5.91. The van der Waals surface area contributed by atoms with E-state index in [1.54, 1.807) is 0 Å². The number of hydrogen-bond donors (Lipinski definition) is 0. The topological polar surface area (TPSA) is 51.6 Å². The number of nitrogens with zero attached hydrogens (tertiary/aromatic N) is 4. The van der Waals surface area contributed by atoms with Crippen molar-refractivity contribution in [1.29, 1.82) is 0 Å². The molecule has 64 heavy (non-hydrogen) atoms. The molecule has 0 atom stereocenters. The molecule has 0 N–H and O–H groups in total. The van der Waals surface area contributed by atoms with Crippen LogP contribution in [-0.2, 0) is 6.42 Å². The fourth-order valence-corrected chi connectivity index (χ4v) is 10.1. The van der Waals surface area contributed by atoms with Crippen LogP contribution in [0.1, 0.15) is 17.5 Å². The molecule has 0 unspecified atom stereocenters. The van der Waals surface area contributed by atoms with Crippen LogP contribution in [0.3, 0.4) is 0 Å². The normalized spacial score (nSPS) is 12.5. The molecule has 12 aromatic rings. The molecule has 1 aliphatic rings. The summed E-state index contributed by atoms with van der Waals surface area (Å²) in [6.45, 7) is 0. The Labute approximate surface area is 369 Å². The number of benzene rings is 8. The fraction of sp³-hybridized carbons (Fsp3) is 0.0333. The molecule has 0 spiro atoms. The average Bonchev–Trinajstić information content (AvgIpc) is 3.37. The third-order valence-corrected chi connectivity index (χ3v) is 13.1. The zero-order valence-electron chi connectivity index (χ0n) is 34.8. The molecule has 13 rings (SSSR count). The van der Waals surface area contributed by atoms with E-state index in [4.69, 9.17) is 15.0 Å². The molecule has 0 fully saturated rings. The van der Waals surface area contributed by atoms with Crippen LogP contribution in [0, 0.1) is 0 Å². The Hall–Kier alpha value is -8.34. The Morgan fingerprint density at radius 3 is 1.64 bits per heavy atom. The maximum absolute atomic E-state index is 5.35. The molecule has 4 nitrogen and oxygen atoms in total. The van der Waals surface area contributed by atoms with E-state index in [1.165, 1.54) is 38.6 Å². The minimum absolute atomic E-state index is 0.916. The summed E-state index contributed by atoms with van der Waals surface area (Å²) >= 11 is 0. The van der Waals surface area contributed by atoms with Crippen molar-refractivity contribution in [2.75, 3.05) is 0 Å². The molecule has 4 aromatic heterocycles. The number of hydrogen-bond acceptors (Lipinski definition) is 4. The summed E-state index contributed by atoms with van der Waals surface area (Å²) in [6, 6.07) is 67.2. The summed E-state index contributed by atoms with van der Waals surface area (Å²) in [6.07, 6.45) is 8.52. The van der Waals surface area contributed by atoms with Gasteiger partial charge in [0.1, 0.15) is 0 Å². The Balaban J connectivity index is 0.841. The molecule has 0 saturated heterocycles. The first-order chi connectivity index (χ1) is 31.7. The highest BCUT2D eigenvalue weighted by Gasteiger charge is 2.22. The van der Waals surface area contributed by atoms with Crippen molar-refractivity contribution in [3.05, 3.63) is 211 Å². The molecule has 0 saturated carbocycles. The van der Waals surface area contributed by atoms with Gasteiger partial charge in [-0.1, -0.05) is 152 Å². The third-order valence-electron chi connectivity index (χ3n) is 13.1. The number of allylic oxidation sites excluding steroid dienone is 1. The molecule has 4 heteroatoms. The minimum atomic E-state index is 0.916. The second-order valence-corrected chi connectivity index (χ2v) is 16.8. The second-order valence-electron chi connectivity index (χ2n) is 16.8. The lowest BCUT2D eigenvalue weighted by atomic mass is 9.81. The van der Waals surface area contributed by atoms with Gasteiger partial charge in [0.15, 0.2) is 0 Å². The van der Waals surface area contributed by atoms with E-state index in [0.29, 0.717) is 0 Å². The van der Waals surface area contributed by atoms with Crippen LogP contribution in [0.25, 0.3) is 127 Å². The van der Waals surface area contributed by atoms with E-state index in [-0.39, 0.29) is 0 Å². The molecule has 0 aliphatic heterocycles. The van der Waals surface area contributed by atoms with E-state index in [0.717, 1.165) is 107 Å². The van der Waals surface area contributed by atoms with Crippen LogP contribution in [0.5, 0.6) is 0 Å². The molecular formula is C60H38N4. The molecular weight excluding hydrogens is 777 g/mol. The molecule has 4 heterocycles. The Kier molecular flexibility index (Phi) is 8.31. The molecule has 0 bridgehead atoms. The van der Waals surface area contributed by atoms with Gasteiger partial charge in [0.2, 0.25) is 0 Å². The van der Waals surface area contributed by atoms with Crippen LogP contribution in [0.15, 0.2) is 200 Å². The molecule has 1 aliphatic carbocycles. The number of fused-ring (bicyclic) bond motifs is 8. The van der Waals surface area contributed by atoms with Gasteiger partial charge in [0.05, 0.1) is 39.1 Å². The highest BCUT2D eigenvalue weighted by molar-refractivity contribution is 6.11. The minimum Gasteiger partial charge on any atom is -0.254 e. The first-order valence-electron chi connectivity index (χ1n) is 22.0. The Morgan fingerprint density at radius 1 is 0.375 bits per heavy atom. The molecule has 0 radical (unpaired) electrons. The second kappa shape index (κ2) is 14.6. The largest absolute Gasteiger partial charge is 0.254 e. The van der Waals surface area contributed by atoms with Gasteiger partial charge in [-0.3, -0.25) is 4.98 Å². The van der Waals surface area contributed by atoms with Gasteiger partial charge in [-0.15, -0.1) is 0 Å². The summed E-state index contributed by atoms with van der Waals surface area (Å²) < 4.78 is 0. The predicted molar refractivity (Wildman–Crippen MR) is 267 cm³/mol. The summed E-state index contributed by atoms with van der Waals surface area (Å²) in [5.41, 5.74) is 17.7. The van der Waals surface area contributed by atoms with E-state index in [2.05, 4.69) is 199 Å². The Bertz CT molecular complexity index is 3910. The van der Waals surface area contributed by atoms with E-state index < -0.39 is 0 Å². The van der Waals surface area contributed by atoms with Gasteiger partial charge in [-0.05, 0) is 116 Å². The van der Waals surface area contributed by atoms with Crippen molar-refractivity contribution < 1.29 is 0 Å². The lowest BCUT2D eigenvalue weighted by Gasteiger charge is -2.23. The number of aromatic nitrogens is 4. The van der Waals surface area contributed by atoms with Gasteiger partial charge in [-0.25, -0.2) is 15.0 Å². The van der Waals surface area contributed by atoms with Crippen LogP contribution < -0.4 is 0 Å². The molecule has 298 valence electrons. The molecule has 0 amide bonds. The predicted octanol–water partition coefficient (Wildman–Crippen LogP) is 15.5. The summed E-state index contributed by atoms with van der Waals surface area (Å²) in [4.78, 5) is 20.4. The number of rotatable bonds is 5. The van der Waals surface area contributed by atoms with Crippen molar-refractivity contribution in [2.24, 2.45) is 0 Å². The smallest absolute Gasteiger partial charge is 0.0972 e. The lowest BCUT2D eigenvalue weighted by molar-refractivity contribution is 0.991. The zero-order chi connectivity index (χ0) is 42.1. The number of pyridine rings is 4. The van der Waals surface area contributed by atoms with Crippen molar-refractivity contribution in [2.45, 2.75) is 12.8 Å². The van der Waals surface area contributed by atoms with E-state index >= 15 is 0 Å². The summed E-state index contributed by atoms with van der Waals surface area (Å²) in [5, 5.41) is 9.17. The van der Waals surface area contributed by atoms with Gasteiger partial charge in [-0.2, -0.15) is 0 Å². The van der Waals surface area contributed by atoms with Crippen LogP contribution >= 0.6 is 0 Å². The molecule has 8 aromatic carbocycles. The Morgan fingerprint density at radius 2 is 0.938 bits per heavy atom. The van der Waals surface area contributed by atoms with Gasteiger partial charge in [0.25, 0.3) is 0 Å². The van der Waals surface area contributed by atoms with Gasteiger partial charge < -0.3 is 0 Å². The summed E-state index contributed by atoms with van der Waals surface area (Å²) in [7, 11) is 0. The monoisotopic (exact) mass is 814 g/mol. The summed E-state index contributed by atoms with van der Waals surface area (Å²) in [5.74, 6) is 0. The van der Waals surface area contributed by atoms with Crippen molar-refractivity contribution in [3.8, 4) is 56.0 Å². The first-order valence-corrected chi connectivity index (χ1v) is 22.0. The maximum atomic E-state index is 5.35. The van der Waals surface area contributed by atoms with Gasteiger partial charge in [0, 0.05) is 44.4 Å². The highest BCUT2D eigenvalue weighted by atomic mass is 14.8.